The molecule has 0 spiro atoms. The van der Waals surface area contributed by atoms with E-state index in [-0.39, 0.29) is 18.4 Å². The number of hydrogen-bond acceptors (Lipinski definition) is 8. The first kappa shape index (κ1) is 33.4. The Hall–Kier alpha value is -5.00. The third-order valence-corrected chi connectivity index (χ3v) is 8.45. The van der Waals surface area contributed by atoms with Crippen molar-refractivity contribution in [2.75, 3.05) is 23.8 Å². The normalized spacial score (nSPS) is 10.9. The summed E-state index contributed by atoms with van der Waals surface area (Å²) in [5, 5.41) is 13.1. The Kier molecular flexibility index (Phi) is 11.0. The molecule has 0 saturated carbocycles. The number of thiazole rings is 1. The number of rotatable bonds is 12. The summed E-state index contributed by atoms with van der Waals surface area (Å²) >= 11 is 5.03. The SMILES string of the molecule is CCOc1cc(/C=N/NC(=O)c2ccc(-c3csc(Nc4ccc(C)cc4)n3)cc2)cc(Br)c1OCC(=O)Nc1ccc(C)c(C)c1. The van der Waals surface area contributed by atoms with Gasteiger partial charge in [0.15, 0.2) is 23.2 Å². The van der Waals surface area contributed by atoms with Crippen molar-refractivity contribution < 1.29 is 19.1 Å². The van der Waals surface area contributed by atoms with Gasteiger partial charge in [-0.15, -0.1) is 11.3 Å². The lowest BCUT2D eigenvalue weighted by Gasteiger charge is -2.15. The number of carbonyl (C=O) groups is 2. The first-order chi connectivity index (χ1) is 22.7. The summed E-state index contributed by atoms with van der Waals surface area (Å²) < 4.78 is 12.2. The Morgan fingerprint density at radius 3 is 2.38 bits per heavy atom. The van der Waals surface area contributed by atoms with Crippen LogP contribution in [0.5, 0.6) is 11.5 Å². The van der Waals surface area contributed by atoms with Crippen LogP contribution in [-0.4, -0.2) is 36.2 Å². The highest BCUT2D eigenvalue weighted by atomic mass is 79.9. The van der Waals surface area contributed by atoms with Gasteiger partial charge in [0.1, 0.15) is 0 Å². The third-order valence-electron chi connectivity index (χ3n) is 7.10. The van der Waals surface area contributed by atoms with Crippen LogP contribution in [0.2, 0.25) is 0 Å². The molecule has 47 heavy (non-hydrogen) atoms. The van der Waals surface area contributed by atoms with Gasteiger partial charge in [-0.2, -0.15) is 5.10 Å². The monoisotopic (exact) mass is 711 g/mol. The molecule has 0 aliphatic heterocycles. The molecule has 0 saturated heterocycles. The summed E-state index contributed by atoms with van der Waals surface area (Å²) in [7, 11) is 0. The fraction of sp³-hybridized carbons (Fsp3) is 0.167. The van der Waals surface area contributed by atoms with Crippen molar-refractivity contribution in [3.8, 4) is 22.8 Å². The van der Waals surface area contributed by atoms with E-state index in [4.69, 9.17) is 9.47 Å². The maximum absolute atomic E-state index is 12.8. The molecule has 9 nitrogen and oxygen atoms in total. The van der Waals surface area contributed by atoms with Crippen LogP contribution >= 0.6 is 27.3 Å². The van der Waals surface area contributed by atoms with E-state index in [1.165, 1.54) is 23.1 Å². The van der Waals surface area contributed by atoms with Crippen LogP contribution in [0.1, 0.15) is 39.5 Å². The molecular formula is C36H34BrN5O4S. The number of nitrogens with one attached hydrogen (secondary N) is 3. The Balaban J connectivity index is 1.17. The number of benzene rings is 4. The van der Waals surface area contributed by atoms with Gasteiger partial charge in [0.25, 0.3) is 11.8 Å². The van der Waals surface area contributed by atoms with Crippen LogP contribution in [0.4, 0.5) is 16.5 Å². The first-order valence-electron chi connectivity index (χ1n) is 14.9. The van der Waals surface area contributed by atoms with Crippen molar-refractivity contribution in [1.29, 1.82) is 0 Å². The predicted molar refractivity (Wildman–Crippen MR) is 192 cm³/mol. The van der Waals surface area contributed by atoms with E-state index in [0.29, 0.717) is 39.4 Å². The molecule has 0 aliphatic carbocycles. The van der Waals surface area contributed by atoms with Crippen LogP contribution in [0.25, 0.3) is 11.3 Å². The zero-order valence-corrected chi connectivity index (χ0v) is 28.8. The Morgan fingerprint density at radius 1 is 0.915 bits per heavy atom. The second-order valence-corrected chi connectivity index (χ2v) is 12.4. The number of halogens is 1. The number of hydrogen-bond donors (Lipinski definition) is 3. The van der Waals surface area contributed by atoms with Crippen molar-refractivity contribution in [1.82, 2.24) is 10.4 Å². The highest BCUT2D eigenvalue weighted by molar-refractivity contribution is 9.10. The van der Waals surface area contributed by atoms with Gasteiger partial charge in [0.2, 0.25) is 0 Å². The largest absolute Gasteiger partial charge is 0.490 e. The Morgan fingerprint density at radius 2 is 1.66 bits per heavy atom. The fourth-order valence-electron chi connectivity index (χ4n) is 4.47. The quantitative estimate of drug-likeness (QED) is 0.0885. The molecule has 1 heterocycles. The molecule has 11 heteroatoms. The molecule has 240 valence electrons. The molecule has 3 N–H and O–H groups in total. The van der Waals surface area contributed by atoms with Crippen molar-refractivity contribution >= 4 is 61.8 Å². The molecule has 5 rings (SSSR count). The number of hydrazone groups is 1. The van der Waals surface area contributed by atoms with Gasteiger partial charge in [-0.1, -0.05) is 35.9 Å². The lowest BCUT2D eigenvalue weighted by atomic mass is 10.1. The standard InChI is InChI=1S/C36H34BrN5O4S/c1-5-45-32-18-25(17-30(37)34(32)46-20-33(43)39-29-15-8-23(3)24(4)16-29)19-38-42-35(44)27-11-9-26(10-12-27)31-21-47-36(41-31)40-28-13-6-22(2)7-14-28/h6-19,21H,5,20H2,1-4H3,(H,39,43)(H,40,41)(H,42,44)/b38-19+. The van der Waals surface area contributed by atoms with Crippen molar-refractivity contribution in [3.05, 3.63) is 117 Å². The molecule has 1 aromatic heterocycles. The lowest BCUT2D eigenvalue weighted by molar-refractivity contribution is -0.118. The minimum atomic E-state index is -0.355. The predicted octanol–water partition coefficient (Wildman–Crippen LogP) is 8.42. The maximum atomic E-state index is 12.8. The summed E-state index contributed by atoms with van der Waals surface area (Å²) in [6.45, 7) is 8.09. The fourth-order valence-corrected chi connectivity index (χ4v) is 5.78. The summed E-state index contributed by atoms with van der Waals surface area (Å²) in [5.74, 6) is 0.173. The molecule has 0 bridgehead atoms. The second kappa shape index (κ2) is 15.5. The van der Waals surface area contributed by atoms with E-state index in [2.05, 4.69) is 42.1 Å². The number of carbonyl (C=O) groups excluding carboxylic acids is 2. The molecule has 0 aliphatic rings. The highest BCUT2D eigenvalue weighted by Crippen LogP contribution is 2.36. The van der Waals surface area contributed by atoms with E-state index in [1.54, 1.807) is 24.3 Å². The van der Waals surface area contributed by atoms with Gasteiger partial charge < -0.3 is 20.1 Å². The number of aryl methyl sites for hydroxylation is 3. The molecule has 2 amide bonds. The zero-order valence-electron chi connectivity index (χ0n) is 26.4. The minimum Gasteiger partial charge on any atom is -0.490 e. The summed E-state index contributed by atoms with van der Waals surface area (Å²) in [6, 6.07) is 24.5. The van der Waals surface area contributed by atoms with Gasteiger partial charge in [0, 0.05) is 27.9 Å². The number of ether oxygens (including phenoxy) is 2. The number of aromatic nitrogens is 1. The van der Waals surface area contributed by atoms with Crippen molar-refractivity contribution in [2.24, 2.45) is 5.10 Å². The molecule has 0 fully saturated rings. The van der Waals surface area contributed by atoms with E-state index < -0.39 is 0 Å². The van der Waals surface area contributed by atoms with Crippen molar-refractivity contribution in [3.63, 3.8) is 0 Å². The summed E-state index contributed by atoms with van der Waals surface area (Å²) in [4.78, 5) is 30.0. The molecule has 4 aromatic carbocycles. The molecule has 0 radical (unpaired) electrons. The van der Waals surface area contributed by atoms with Crippen LogP contribution in [-0.2, 0) is 4.79 Å². The van der Waals surface area contributed by atoms with E-state index in [9.17, 15) is 9.59 Å². The minimum absolute atomic E-state index is 0.207. The van der Waals surface area contributed by atoms with Gasteiger partial charge in [0.05, 0.1) is 23.0 Å². The van der Waals surface area contributed by atoms with Gasteiger partial charge in [-0.05, 0) is 109 Å². The maximum Gasteiger partial charge on any atom is 0.271 e. The Labute approximate surface area is 286 Å². The van der Waals surface area contributed by atoms with E-state index in [1.807, 2.05) is 87.7 Å². The van der Waals surface area contributed by atoms with Crippen molar-refractivity contribution in [2.45, 2.75) is 27.7 Å². The van der Waals surface area contributed by atoms with Gasteiger partial charge in [-0.25, -0.2) is 10.4 Å². The highest BCUT2D eigenvalue weighted by Gasteiger charge is 2.15. The number of anilines is 3. The topological polar surface area (TPSA) is 114 Å². The van der Waals surface area contributed by atoms with Crippen LogP contribution in [0.15, 0.2) is 93.8 Å². The van der Waals surface area contributed by atoms with E-state index >= 15 is 0 Å². The zero-order chi connectivity index (χ0) is 33.3. The number of amides is 2. The lowest BCUT2D eigenvalue weighted by Crippen LogP contribution is -2.20. The van der Waals surface area contributed by atoms with Crippen LogP contribution in [0.3, 0.4) is 0 Å². The first-order valence-corrected chi connectivity index (χ1v) is 16.5. The van der Waals surface area contributed by atoms with E-state index in [0.717, 1.165) is 33.2 Å². The number of nitrogens with zero attached hydrogens (tertiary/aromatic N) is 2. The second-order valence-electron chi connectivity index (χ2n) is 10.7. The summed E-state index contributed by atoms with van der Waals surface area (Å²) in [6.07, 6.45) is 1.51. The molecule has 0 atom stereocenters. The average Bonchev–Trinajstić information content (AvgIpc) is 3.52. The van der Waals surface area contributed by atoms with Crippen LogP contribution < -0.4 is 25.5 Å². The van der Waals surface area contributed by atoms with Crippen LogP contribution in [0, 0.1) is 20.8 Å². The molecule has 5 aromatic rings. The smallest absolute Gasteiger partial charge is 0.271 e. The van der Waals surface area contributed by atoms with Gasteiger partial charge >= 0.3 is 0 Å². The molecular weight excluding hydrogens is 678 g/mol. The Bertz CT molecular complexity index is 1910. The average molecular weight is 713 g/mol. The third kappa shape index (κ3) is 9.05. The summed E-state index contributed by atoms with van der Waals surface area (Å²) in [5.41, 5.74) is 10.5. The van der Waals surface area contributed by atoms with Gasteiger partial charge in [-0.3, -0.25) is 9.59 Å². The molecule has 0 unspecified atom stereocenters.